The smallest absolute Gasteiger partial charge is 0.246 e. The van der Waals surface area contributed by atoms with E-state index < -0.39 is 10.0 Å². The lowest BCUT2D eigenvalue weighted by Crippen LogP contribution is -2.37. The molecule has 0 aromatic carbocycles. The second-order valence-electron chi connectivity index (χ2n) is 4.85. The molecular formula is C12H20ClN3O3S. The molecule has 1 N–H and O–H groups in total. The van der Waals surface area contributed by atoms with E-state index in [4.69, 9.17) is 16.3 Å². The number of aryl methyl sites for hydroxylation is 1. The number of sulfonamides is 1. The van der Waals surface area contributed by atoms with Gasteiger partial charge in [-0.1, -0.05) is 6.92 Å². The molecule has 0 spiro atoms. The first-order valence-electron chi connectivity index (χ1n) is 6.72. The van der Waals surface area contributed by atoms with E-state index in [0.29, 0.717) is 31.1 Å². The van der Waals surface area contributed by atoms with Gasteiger partial charge in [0.1, 0.15) is 4.90 Å². The quantitative estimate of drug-likeness (QED) is 0.808. The van der Waals surface area contributed by atoms with Crippen LogP contribution in [0.15, 0.2) is 4.90 Å². The molecule has 0 radical (unpaired) electrons. The average Bonchev–Trinajstić information content (AvgIpc) is 3.04. The summed E-state index contributed by atoms with van der Waals surface area (Å²) < 4.78 is 32.5. The number of aromatic nitrogens is 2. The van der Waals surface area contributed by atoms with Crippen molar-refractivity contribution in [1.82, 2.24) is 14.5 Å². The van der Waals surface area contributed by atoms with Crippen molar-refractivity contribution < 1.29 is 13.2 Å². The summed E-state index contributed by atoms with van der Waals surface area (Å²) in [7, 11) is -3.59. The fourth-order valence-corrected chi connectivity index (χ4v) is 4.53. The number of hydrogen-bond acceptors (Lipinski definition) is 4. The SMILES string of the molecule is CCN(CC1CCCO1)S(=O)(=O)c1c(CCl)n[nH]c1C. The topological polar surface area (TPSA) is 75.3 Å². The van der Waals surface area contributed by atoms with Crippen molar-refractivity contribution in [2.45, 2.75) is 43.6 Å². The van der Waals surface area contributed by atoms with Crippen LogP contribution in [0.25, 0.3) is 0 Å². The predicted octanol–water partition coefficient (Wildman–Crippen LogP) is 1.65. The number of nitrogens with zero attached hydrogens (tertiary/aromatic N) is 2. The summed E-state index contributed by atoms with van der Waals surface area (Å²) in [5.41, 5.74) is 0.890. The van der Waals surface area contributed by atoms with Gasteiger partial charge in [0, 0.05) is 19.7 Å². The van der Waals surface area contributed by atoms with Gasteiger partial charge in [0.05, 0.1) is 23.4 Å². The van der Waals surface area contributed by atoms with Crippen molar-refractivity contribution >= 4 is 21.6 Å². The summed E-state index contributed by atoms with van der Waals surface area (Å²) >= 11 is 5.78. The summed E-state index contributed by atoms with van der Waals surface area (Å²) in [6, 6.07) is 0. The van der Waals surface area contributed by atoms with E-state index in [1.165, 1.54) is 4.31 Å². The van der Waals surface area contributed by atoms with Crippen LogP contribution >= 0.6 is 11.6 Å². The van der Waals surface area contributed by atoms with Crippen LogP contribution < -0.4 is 0 Å². The normalized spacial score (nSPS) is 19.9. The van der Waals surface area contributed by atoms with Crippen LogP contribution in [0.3, 0.4) is 0 Å². The fraction of sp³-hybridized carbons (Fsp3) is 0.750. The van der Waals surface area contributed by atoms with Gasteiger partial charge >= 0.3 is 0 Å². The molecule has 6 nitrogen and oxygen atoms in total. The van der Waals surface area contributed by atoms with Crippen LogP contribution in [0.2, 0.25) is 0 Å². The van der Waals surface area contributed by atoms with E-state index in [1.54, 1.807) is 6.92 Å². The lowest BCUT2D eigenvalue weighted by Gasteiger charge is -2.23. The molecule has 0 bridgehead atoms. The van der Waals surface area contributed by atoms with E-state index in [9.17, 15) is 8.42 Å². The molecule has 1 fully saturated rings. The predicted molar refractivity (Wildman–Crippen MR) is 76.3 cm³/mol. The number of halogens is 1. The molecule has 1 saturated heterocycles. The Morgan fingerprint density at radius 3 is 2.85 bits per heavy atom. The van der Waals surface area contributed by atoms with Crippen molar-refractivity contribution in [3.8, 4) is 0 Å². The van der Waals surface area contributed by atoms with Gasteiger partial charge in [0.25, 0.3) is 0 Å². The van der Waals surface area contributed by atoms with Crippen molar-refractivity contribution in [2.24, 2.45) is 0 Å². The van der Waals surface area contributed by atoms with Crippen molar-refractivity contribution in [3.05, 3.63) is 11.4 Å². The van der Waals surface area contributed by atoms with Crippen molar-refractivity contribution in [3.63, 3.8) is 0 Å². The third-order valence-corrected chi connectivity index (χ3v) is 5.87. The van der Waals surface area contributed by atoms with Gasteiger partial charge in [-0.2, -0.15) is 9.40 Å². The van der Waals surface area contributed by atoms with Crippen molar-refractivity contribution in [1.29, 1.82) is 0 Å². The average molecular weight is 322 g/mol. The van der Waals surface area contributed by atoms with Gasteiger partial charge in [0.2, 0.25) is 10.0 Å². The largest absolute Gasteiger partial charge is 0.377 e. The third kappa shape index (κ3) is 3.00. The highest BCUT2D eigenvalue weighted by atomic mass is 35.5. The van der Waals surface area contributed by atoms with E-state index in [2.05, 4.69) is 10.2 Å². The van der Waals surface area contributed by atoms with Crippen LogP contribution in [-0.2, 0) is 20.6 Å². The highest BCUT2D eigenvalue weighted by Crippen LogP contribution is 2.25. The van der Waals surface area contributed by atoms with Gasteiger partial charge in [0.15, 0.2) is 0 Å². The van der Waals surface area contributed by atoms with E-state index >= 15 is 0 Å². The molecule has 2 heterocycles. The molecule has 0 saturated carbocycles. The van der Waals surface area contributed by atoms with Crippen molar-refractivity contribution in [2.75, 3.05) is 19.7 Å². The Morgan fingerprint density at radius 1 is 1.55 bits per heavy atom. The molecule has 1 aliphatic heterocycles. The number of ether oxygens (including phenoxy) is 1. The number of likely N-dealkylation sites (N-methyl/N-ethyl adjacent to an activating group) is 1. The van der Waals surface area contributed by atoms with Gasteiger partial charge in [-0.15, -0.1) is 11.6 Å². The van der Waals surface area contributed by atoms with E-state index in [1.807, 2.05) is 6.92 Å². The molecule has 1 aromatic rings. The molecule has 1 atom stereocenters. The molecule has 1 aliphatic rings. The molecule has 114 valence electrons. The standard InChI is InChI=1S/C12H20ClN3O3S/c1-3-16(8-10-5-4-6-19-10)20(17,18)12-9(2)14-15-11(12)7-13/h10H,3-8H2,1-2H3,(H,14,15). The highest BCUT2D eigenvalue weighted by molar-refractivity contribution is 7.89. The summed E-state index contributed by atoms with van der Waals surface area (Å²) in [4.78, 5) is 0.201. The second-order valence-corrected chi connectivity index (χ2v) is 6.99. The third-order valence-electron chi connectivity index (χ3n) is 3.47. The number of aromatic amines is 1. The zero-order valence-corrected chi connectivity index (χ0v) is 13.3. The minimum absolute atomic E-state index is 0.0172. The monoisotopic (exact) mass is 321 g/mol. The zero-order chi connectivity index (χ0) is 14.8. The number of nitrogens with one attached hydrogen (secondary N) is 1. The lowest BCUT2D eigenvalue weighted by molar-refractivity contribution is 0.0946. The Morgan fingerprint density at radius 2 is 2.30 bits per heavy atom. The number of rotatable bonds is 6. The van der Waals surface area contributed by atoms with Gasteiger partial charge in [-0.05, 0) is 19.8 Å². The Labute approximate surface area is 124 Å². The molecule has 0 amide bonds. The molecule has 20 heavy (non-hydrogen) atoms. The molecule has 1 unspecified atom stereocenters. The first-order valence-corrected chi connectivity index (χ1v) is 8.69. The molecule has 2 rings (SSSR count). The fourth-order valence-electron chi connectivity index (χ4n) is 2.44. The highest BCUT2D eigenvalue weighted by Gasteiger charge is 2.32. The first kappa shape index (κ1) is 15.8. The molecular weight excluding hydrogens is 302 g/mol. The van der Waals surface area contributed by atoms with Gasteiger partial charge < -0.3 is 4.74 Å². The van der Waals surface area contributed by atoms with Crippen LogP contribution in [0.5, 0.6) is 0 Å². The molecule has 1 aromatic heterocycles. The summed E-state index contributed by atoms with van der Waals surface area (Å²) in [5, 5.41) is 6.65. The van der Waals surface area contributed by atoms with E-state index in [0.717, 1.165) is 12.8 Å². The molecule has 8 heteroatoms. The minimum Gasteiger partial charge on any atom is -0.377 e. The Balaban J connectivity index is 2.28. The lowest BCUT2D eigenvalue weighted by atomic mass is 10.2. The maximum absolute atomic E-state index is 12.8. The maximum Gasteiger partial charge on any atom is 0.246 e. The molecule has 0 aliphatic carbocycles. The van der Waals surface area contributed by atoms with Crippen LogP contribution in [-0.4, -0.2) is 48.7 Å². The number of alkyl halides is 1. The zero-order valence-electron chi connectivity index (χ0n) is 11.7. The minimum atomic E-state index is -3.59. The Bertz CT molecular complexity index is 552. The van der Waals surface area contributed by atoms with E-state index in [-0.39, 0.29) is 16.9 Å². The summed E-state index contributed by atoms with van der Waals surface area (Å²) in [5.74, 6) is 0.0659. The van der Waals surface area contributed by atoms with Gasteiger partial charge in [-0.3, -0.25) is 5.10 Å². The Hall–Kier alpha value is -0.630. The van der Waals surface area contributed by atoms with Crippen LogP contribution in [0.4, 0.5) is 0 Å². The maximum atomic E-state index is 12.8. The van der Waals surface area contributed by atoms with Gasteiger partial charge in [-0.25, -0.2) is 8.42 Å². The second kappa shape index (κ2) is 6.43. The first-order chi connectivity index (χ1) is 9.50. The Kier molecular flexibility index (Phi) is 5.06. The number of H-pyrrole nitrogens is 1. The number of hydrogen-bond donors (Lipinski definition) is 1. The summed E-state index contributed by atoms with van der Waals surface area (Å²) in [6.45, 7) is 5.00. The van der Waals surface area contributed by atoms with Crippen LogP contribution in [0, 0.1) is 6.92 Å². The summed E-state index contributed by atoms with van der Waals surface area (Å²) in [6.07, 6.45) is 1.87. The van der Waals surface area contributed by atoms with Crippen LogP contribution in [0.1, 0.15) is 31.2 Å².